The van der Waals surface area contributed by atoms with Gasteiger partial charge in [0, 0.05) is 10.9 Å². The maximum absolute atomic E-state index is 6.07. The van der Waals surface area contributed by atoms with Gasteiger partial charge in [0.25, 0.3) is 0 Å². The molecule has 0 aliphatic carbocycles. The van der Waals surface area contributed by atoms with Gasteiger partial charge < -0.3 is 0 Å². The summed E-state index contributed by atoms with van der Waals surface area (Å²) in [4.78, 5) is 0. The monoisotopic (exact) mass is 258 g/mol. The molecular weight excluding hydrogens is 239 g/mol. The molecule has 2 heteroatoms. The Kier molecular flexibility index (Phi) is 6.23. The molecule has 0 aliphatic rings. The van der Waals surface area contributed by atoms with Gasteiger partial charge in [-0.25, -0.2) is 0 Å². The van der Waals surface area contributed by atoms with Crippen molar-refractivity contribution in [1.82, 2.24) is 0 Å². The molecule has 0 amide bonds. The normalized spacial score (nSPS) is 13.1. The van der Waals surface area contributed by atoms with E-state index < -0.39 is 0 Å². The van der Waals surface area contributed by atoms with Crippen LogP contribution in [0, 0.1) is 11.8 Å². The predicted octanol–water partition coefficient (Wildman–Crippen LogP) is 5.17. The zero-order valence-corrected chi connectivity index (χ0v) is 11.6. The largest absolute Gasteiger partial charge is 0.126 e. The van der Waals surface area contributed by atoms with Crippen LogP contribution in [0.1, 0.15) is 32.3 Å². The fraction of sp³-hybridized carbons (Fsp3) is 0.571. The highest BCUT2D eigenvalue weighted by atomic mass is 35.5. The van der Waals surface area contributed by atoms with E-state index in [1.165, 1.54) is 18.4 Å². The molecule has 16 heavy (non-hydrogen) atoms. The second-order valence-electron chi connectivity index (χ2n) is 4.32. The Balaban J connectivity index is 2.65. The van der Waals surface area contributed by atoms with Crippen LogP contribution in [-0.2, 0) is 6.42 Å². The Labute approximate surface area is 109 Å². The van der Waals surface area contributed by atoms with Crippen molar-refractivity contribution in [3.05, 3.63) is 34.9 Å². The molecule has 1 unspecified atom stereocenters. The number of rotatable bonds is 6. The summed E-state index contributed by atoms with van der Waals surface area (Å²) in [6.07, 6.45) is 3.48. The molecule has 0 bridgehead atoms. The average molecular weight is 259 g/mol. The summed E-state index contributed by atoms with van der Waals surface area (Å²) < 4.78 is 0. The van der Waals surface area contributed by atoms with Gasteiger partial charge in [-0.3, -0.25) is 0 Å². The van der Waals surface area contributed by atoms with Crippen LogP contribution in [-0.4, -0.2) is 5.88 Å². The zero-order chi connectivity index (χ0) is 12.0. The minimum Gasteiger partial charge on any atom is -0.126 e. The summed E-state index contributed by atoms with van der Waals surface area (Å²) in [6.45, 7) is 4.49. The molecule has 0 aliphatic heterocycles. The van der Waals surface area contributed by atoms with E-state index in [-0.39, 0.29) is 0 Å². The van der Waals surface area contributed by atoms with E-state index >= 15 is 0 Å². The first kappa shape index (κ1) is 13.9. The van der Waals surface area contributed by atoms with E-state index in [2.05, 4.69) is 26.0 Å². The highest BCUT2D eigenvalue weighted by Gasteiger charge is 2.17. The average Bonchev–Trinajstić information content (AvgIpc) is 2.32. The van der Waals surface area contributed by atoms with Crippen LogP contribution in [0.5, 0.6) is 0 Å². The Morgan fingerprint density at radius 2 is 1.56 bits per heavy atom. The van der Waals surface area contributed by atoms with Gasteiger partial charge in [-0.15, -0.1) is 11.6 Å². The van der Waals surface area contributed by atoms with Crippen LogP contribution < -0.4 is 0 Å². The summed E-state index contributed by atoms with van der Waals surface area (Å²) >= 11 is 11.9. The Morgan fingerprint density at radius 3 is 2.00 bits per heavy atom. The van der Waals surface area contributed by atoms with Gasteiger partial charge >= 0.3 is 0 Å². The van der Waals surface area contributed by atoms with Crippen molar-refractivity contribution >= 4 is 23.2 Å². The fourth-order valence-electron chi connectivity index (χ4n) is 2.23. The quantitative estimate of drug-likeness (QED) is 0.618. The maximum atomic E-state index is 6.07. The molecule has 0 saturated carbocycles. The summed E-state index contributed by atoms with van der Waals surface area (Å²) in [7, 11) is 0. The summed E-state index contributed by atoms with van der Waals surface area (Å²) in [5, 5.41) is 0.800. The van der Waals surface area contributed by atoms with Gasteiger partial charge in [0.2, 0.25) is 0 Å². The fourth-order valence-corrected chi connectivity index (χ4v) is 2.71. The molecule has 0 radical (unpaired) electrons. The summed E-state index contributed by atoms with van der Waals surface area (Å²) in [5.41, 5.74) is 1.34. The molecule has 0 saturated heterocycles. The lowest BCUT2D eigenvalue weighted by molar-refractivity contribution is 0.339. The van der Waals surface area contributed by atoms with E-state index in [9.17, 15) is 0 Å². The molecule has 0 aromatic heterocycles. The summed E-state index contributed by atoms with van der Waals surface area (Å²) in [6, 6.07) is 8.11. The molecule has 0 spiro atoms. The lowest BCUT2D eigenvalue weighted by Gasteiger charge is -2.23. The molecule has 1 aromatic carbocycles. The van der Waals surface area contributed by atoms with Gasteiger partial charge in [0.05, 0.1) is 0 Å². The number of benzene rings is 1. The molecule has 0 N–H and O–H groups in total. The van der Waals surface area contributed by atoms with Crippen molar-refractivity contribution in [3.8, 4) is 0 Å². The third kappa shape index (κ3) is 3.99. The topological polar surface area (TPSA) is 0 Å². The molecule has 0 heterocycles. The van der Waals surface area contributed by atoms with Crippen molar-refractivity contribution < 1.29 is 0 Å². The van der Waals surface area contributed by atoms with Gasteiger partial charge in [-0.1, -0.05) is 50.4 Å². The first-order valence-corrected chi connectivity index (χ1v) is 6.92. The van der Waals surface area contributed by atoms with Crippen molar-refractivity contribution in [3.63, 3.8) is 0 Å². The standard InChI is InChI=1S/C14H20Cl2/c1-3-12(4-2)13(10-15)9-11-5-7-14(16)8-6-11/h5-8,12-13H,3-4,9-10H2,1-2H3. The number of hydrogen-bond acceptors (Lipinski definition) is 0. The first-order chi connectivity index (χ1) is 7.71. The molecule has 1 atom stereocenters. The van der Waals surface area contributed by atoms with Crippen LogP contribution in [0.25, 0.3) is 0 Å². The Bertz CT molecular complexity index is 288. The third-order valence-corrected chi connectivity index (χ3v) is 3.97. The van der Waals surface area contributed by atoms with Gasteiger partial charge in [0.1, 0.15) is 0 Å². The molecule has 0 fully saturated rings. The van der Waals surface area contributed by atoms with Gasteiger partial charge in [0.15, 0.2) is 0 Å². The Morgan fingerprint density at radius 1 is 1.00 bits per heavy atom. The van der Waals surface area contributed by atoms with Crippen LogP contribution in [0.2, 0.25) is 5.02 Å². The predicted molar refractivity (Wildman–Crippen MR) is 73.4 cm³/mol. The highest BCUT2D eigenvalue weighted by molar-refractivity contribution is 6.30. The van der Waals surface area contributed by atoms with E-state index in [1.807, 2.05) is 12.1 Å². The van der Waals surface area contributed by atoms with E-state index in [4.69, 9.17) is 23.2 Å². The molecule has 1 rings (SSSR count). The lowest BCUT2D eigenvalue weighted by atomic mass is 9.85. The third-order valence-electron chi connectivity index (χ3n) is 3.32. The molecule has 90 valence electrons. The van der Waals surface area contributed by atoms with Gasteiger partial charge in [-0.2, -0.15) is 0 Å². The summed E-state index contributed by atoms with van der Waals surface area (Å²) in [5.74, 6) is 2.06. The van der Waals surface area contributed by atoms with Crippen molar-refractivity contribution in [2.24, 2.45) is 11.8 Å². The minimum atomic E-state index is 0.581. The SMILES string of the molecule is CCC(CC)C(CCl)Cc1ccc(Cl)cc1. The lowest BCUT2D eigenvalue weighted by Crippen LogP contribution is -2.17. The van der Waals surface area contributed by atoms with E-state index in [0.717, 1.165) is 23.2 Å². The number of hydrogen-bond donors (Lipinski definition) is 0. The second kappa shape index (κ2) is 7.19. The van der Waals surface area contributed by atoms with Crippen molar-refractivity contribution in [1.29, 1.82) is 0 Å². The first-order valence-electron chi connectivity index (χ1n) is 6.01. The molecule has 1 aromatic rings. The zero-order valence-electron chi connectivity index (χ0n) is 10.0. The van der Waals surface area contributed by atoms with E-state index in [0.29, 0.717) is 5.92 Å². The number of alkyl halides is 1. The maximum Gasteiger partial charge on any atom is 0.0406 e. The van der Waals surface area contributed by atoms with E-state index in [1.54, 1.807) is 0 Å². The van der Waals surface area contributed by atoms with Crippen LogP contribution in [0.3, 0.4) is 0 Å². The molecular formula is C14H20Cl2. The number of halogens is 2. The van der Waals surface area contributed by atoms with Crippen molar-refractivity contribution in [2.75, 3.05) is 5.88 Å². The minimum absolute atomic E-state index is 0.581. The van der Waals surface area contributed by atoms with Crippen LogP contribution >= 0.6 is 23.2 Å². The van der Waals surface area contributed by atoms with Crippen LogP contribution in [0.15, 0.2) is 24.3 Å². The highest BCUT2D eigenvalue weighted by Crippen LogP contribution is 2.25. The smallest absolute Gasteiger partial charge is 0.0406 e. The van der Waals surface area contributed by atoms with Gasteiger partial charge in [-0.05, 0) is 36.0 Å². The second-order valence-corrected chi connectivity index (χ2v) is 5.07. The van der Waals surface area contributed by atoms with Crippen LogP contribution in [0.4, 0.5) is 0 Å². The Hall–Kier alpha value is -0.200. The van der Waals surface area contributed by atoms with Crippen molar-refractivity contribution in [2.45, 2.75) is 33.1 Å². The molecule has 0 nitrogen and oxygen atoms in total.